The Labute approximate surface area is 195 Å². The summed E-state index contributed by atoms with van der Waals surface area (Å²) in [6.45, 7) is 2.35. The molecule has 0 radical (unpaired) electrons. The van der Waals surface area contributed by atoms with Gasteiger partial charge in [0.15, 0.2) is 0 Å². The standard InChI is InChI=1S/C24H28F3N3O2S/c25-24(26,27)18-4-3-17-2-1-9-30(22(17)12-18)19-5-6-21(20(28)13-19)29-10-7-16(8-11-29)14-33-15-23(31)32/h3-6,12-13,16H,1-2,7-11,14-15,28H2,(H,31,32). The number of benzene rings is 2. The largest absolute Gasteiger partial charge is 0.481 e. The van der Waals surface area contributed by atoms with Crippen LogP contribution in [0, 0.1) is 5.92 Å². The van der Waals surface area contributed by atoms with Crippen molar-refractivity contribution in [3.63, 3.8) is 0 Å². The molecule has 33 heavy (non-hydrogen) atoms. The molecule has 1 saturated heterocycles. The van der Waals surface area contributed by atoms with Gasteiger partial charge in [0, 0.05) is 31.0 Å². The molecule has 0 bridgehead atoms. The molecule has 2 aromatic carbocycles. The Morgan fingerprint density at radius 1 is 1.09 bits per heavy atom. The summed E-state index contributed by atoms with van der Waals surface area (Å²) in [6, 6.07) is 9.75. The molecule has 1 fully saturated rings. The van der Waals surface area contributed by atoms with Gasteiger partial charge >= 0.3 is 12.1 Å². The summed E-state index contributed by atoms with van der Waals surface area (Å²) in [6.07, 6.45) is -0.787. The Balaban J connectivity index is 1.47. The first kappa shape index (κ1) is 23.6. The number of hydrogen-bond donors (Lipinski definition) is 2. The van der Waals surface area contributed by atoms with Gasteiger partial charge in [0.25, 0.3) is 0 Å². The van der Waals surface area contributed by atoms with Gasteiger partial charge in [0.2, 0.25) is 0 Å². The summed E-state index contributed by atoms with van der Waals surface area (Å²) in [7, 11) is 0. The van der Waals surface area contributed by atoms with Crippen molar-refractivity contribution < 1.29 is 23.1 Å². The molecule has 0 amide bonds. The molecule has 178 valence electrons. The highest BCUT2D eigenvalue weighted by Crippen LogP contribution is 2.40. The summed E-state index contributed by atoms with van der Waals surface area (Å²) in [5, 5.41) is 8.79. The normalized spacial score (nSPS) is 17.2. The van der Waals surface area contributed by atoms with Crippen LogP contribution in [0.5, 0.6) is 0 Å². The van der Waals surface area contributed by atoms with Crippen molar-refractivity contribution >= 4 is 40.5 Å². The van der Waals surface area contributed by atoms with E-state index in [2.05, 4.69) is 4.90 Å². The number of hydrogen-bond acceptors (Lipinski definition) is 5. The maximum absolute atomic E-state index is 13.3. The number of rotatable bonds is 6. The van der Waals surface area contributed by atoms with Crippen molar-refractivity contribution in [2.24, 2.45) is 5.92 Å². The van der Waals surface area contributed by atoms with Gasteiger partial charge in [-0.2, -0.15) is 13.2 Å². The Bertz CT molecular complexity index is 1010. The minimum absolute atomic E-state index is 0.138. The van der Waals surface area contributed by atoms with Gasteiger partial charge in [0.1, 0.15) is 0 Å². The molecule has 0 atom stereocenters. The van der Waals surface area contributed by atoms with Gasteiger partial charge in [-0.1, -0.05) is 6.07 Å². The number of carbonyl (C=O) groups is 1. The van der Waals surface area contributed by atoms with Crippen LogP contribution in [0.2, 0.25) is 0 Å². The molecule has 3 N–H and O–H groups in total. The van der Waals surface area contributed by atoms with E-state index in [0.29, 0.717) is 23.8 Å². The molecule has 5 nitrogen and oxygen atoms in total. The molecule has 0 saturated carbocycles. The van der Waals surface area contributed by atoms with E-state index in [1.54, 1.807) is 6.07 Å². The van der Waals surface area contributed by atoms with Crippen LogP contribution in [0.15, 0.2) is 36.4 Å². The number of fused-ring (bicyclic) bond motifs is 1. The third-order valence-electron chi connectivity index (χ3n) is 6.39. The van der Waals surface area contributed by atoms with Crippen molar-refractivity contribution in [3.8, 4) is 0 Å². The van der Waals surface area contributed by atoms with Gasteiger partial charge in [-0.15, -0.1) is 11.8 Å². The molecule has 2 aliphatic heterocycles. The highest BCUT2D eigenvalue weighted by molar-refractivity contribution is 7.99. The van der Waals surface area contributed by atoms with E-state index in [0.717, 1.165) is 67.5 Å². The fraction of sp³-hybridized carbons (Fsp3) is 0.458. The van der Waals surface area contributed by atoms with E-state index in [-0.39, 0.29) is 5.75 Å². The number of aliphatic carboxylic acids is 1. The van der Waals surface area contributed by atoms with Crippen molar-refractivity contribution in [2.45, 2.75) is 31.9 Å². The molecule has 0 unspecified atom stereocenters. The second-order valence-electron chi connectivity index (χ2n) is 8.68. The highest BCUT2D eigenvalue weighted by atomic mass is 32.2. The lowest BCUT2D eigenvalue weighted by molar-refractivity contribution is -0.137. The van der Waals surface area contributed by atoms with E-state index < -0.39 is 17.7 Å². The maximum atomic E-state index is 13.3. The van der Waals surface area contributed by atoms with Gasteiger partial charge in [0.05, 0.1) is 22.7 Å². The van der Waals surface area contributed by atoms with Crippen LogP contribution in [0.25, 0.3) is 0 Å². The fourth-order valence-electron chi connectivity index (χ4n) is 4.67. The monoisotopic (exact) mass is 479 g/mol. The van der Waals surface area contributed by atoms with Gasteiger partial charge in [-0.25, -0.2) is 0 Å². The minimum Gasteiger partial charge on any atom is -0.481 e. The lowest BCUT2D eigenvalue weighted by atomic mass is 9.97. The zero-order chi connectivity index (χ0) is 23.6. The number of anilines is 4. The number of carboxylic acids is 1. The molecular formula is C24H28F3N3O2S. The van der Waals surface area contributed by atoms with Crippen LogP contribution >= 0.6 is 11.8 Å². The number of nitrogens with two attached hydrogens (primary N) is 1. The summed E-state index contributed by atoms with van der Waals surface area (Å²) >= 11 is 1.46. The number of nitrogens with zero attached hydrogens (tertiary/aromatic N) is 2. The quantitative estimate of drug-likeness (QED) is 0.540. The Morgan fingerprint density at radius 3 is 2.52 bits per heavy atom. The molecule has 2 aromatic rings. The van der Waals surface area contributed by atoms with Crippen LogP contribution in [-0.2, 0) is 17.4 Å². The predicted molar refractivity (Wildman–Crippen MR) is 128 cm³/mol. The van der Waals surface area contributed by atoms with Crippen molar-refractivity contribution in [1.29, 1.82) is 0 Å². The van der Waals surface area contributed by atoms with Gasteiger partial charge in [-0.3, -0.25) is 4.79 Å². The number of halogens is 3. The Morgan fingerprint density at radius 2 is 1.85 bits per heavy atom. The average Bonchev–Trinajstić information content (AvgIpc) is 2.78. The van der Waals surface area contributed by atoms with Crippen LogP contribution in [0.3, 0.4) is 0 Å². The van der Waals surface area contributed by atoms with E-state index in [9.17, 15) is 18.0 Å². The van der Waals surface area contributed by atoms with E-state index >= 15 is 0 Å². The smallest absolute Gasteiger partial charge is 0.416 e. The van der Waals surface area contributed by atoms with Crippen molar-refractivity contribution in [1.82, 2.24) is 0 Å². The number of nitrogen functional groups attached to an aromatic ring is 1. The zero-order valence-corrected chi connectivity index (χ0v) is 19.1. The second-order valence-corrected chi connectivity index (χ2v) is 9.71. The summed E-state index contributed by atoms with van der Waals surface area (Å²) in [5.41, 5.74) is 9.65. The fourth-order valence-corrected chi connectivity index (χ4v) is 5.63. The van der Waals surface area contributed by atoms with Gasteiger partial charge in [-0.05, 0) is 73.2 Å². The molecular weight excluding hydrogens is 451 g/mol. The van der Waals surface area contributed by atoms with Crippen molar-refractivity contribution in [3.05, 3.63) is 47.5 Å². The van der Waals surface area contributed by atoms with Crippen LogP contribution in [-0.4, -0.2) is 42.2 Å². The maximum Gasteiger partial charge on any atom is 0.416 e. The Hall–Kier alpha value is -2.55. The lowest BCUT2D eigenvalue weighted by Crippen LogP contribution is -2.35. The molecule has 4 rings (SSSR count). The first-order valence-electron chi connectivity index (χ1n) is 11.1. The SMILES string of the molecule is Nc1cc(N2CCCc3ccc(C(F)(F)F)cc32)ccc1N1CCC(CSCC(=O)O)CC1. The molecule has 2 heterocycles. The zero-order valence-electron chi connectivity index (χ0n) is 18.3. The first-order valence-corrected chi connectivity index (χ1v) is 12.3. The van der Waals surface area contributed by atoms with E-state index in [1.807, 2.05) is 23.1 Å². The van der Waals surface area contributed by atoms with Crippen LogP contribution in [0.4, 0.5) is 35.9 Å². The molecule has 2 aliphatic rings. The van der Waals surface area contributed by atoms with Crippen LogP contribution < -0.4 is 15.5 Å². The highest BCUT2D eigenvalue weighted by Gasteiger charge is 2.32. The summed E-state index contributed by atoms with van der Waals surface area (Å²) in [5.74, 6) is 0.705. The van der Waals surface area contributed by atoms with Crippen LogP contribution in [0.1, 0.15) is 30.4 Å². The summed E-state index contributed by atoms with van der Waals surface area (Å²) < 4.78 is 39.8. The molecule has 9 heteroatoms. The number of piperidine rings is 1. The minimum atomic E-state index is -4.38. The number of carboxylic acid groups (broad SMARTS) is 1. The first-order chi connectivity index (χ1) is 15.7. The Kier molecular flexibility index (Phi) is 6.97. The number of aryl methyl sites for hydroxylation is 1. The molecule has 0 spiro atoms. The third-order valence-corrected chi connectivity index (χ3v) is 7.55. The topological polar surface area (TPSA) is 69.8 Å². The van der Waals surface area contributed by atoms with E-state index in [4.69, 9.17) is 10.8 Å². The van der Waals surface area contributed by atoms with Crippen molar-refractivity contribution in [2.75, 3.05) is 46.7 Å². The average molecular weight is 480 g/mol. The molecule has 0 aliphatic carbocycles. The lowest BCUT2D eigenvalue weighted by Gasteiger charge is -2.35. The molecule has 0 aromatic heterocycles. The summed E-state index contributed by atoms with van der Waals surface area (Å²) in [4.78, 5) is 14.9. The third kappa shape index (κ3) is 5.51. The number of alkyl halides is 3. The van der Waals surface area contributed by atoms with E-state index in [1.165, 1.54) is 17.8 Å². The number of thioether (sulfide) groups is 1. The van der Waals surface area contributed by atoms with Gasteiger partial charge < -0.3 is 20.6 Å². The predicted octanol–water partition coefficient (Wildman–Crippen LogP) is 5.41. The second kappa shape index (κ2) is 9.75.